The van der Waals surface area contributed by atoms with E-state index in [2.05, 4.69) is 9.97 Å². The van der Waals surface area contributed by atoms with E-state index >= 15 is 0 Å². The molecule has 0 aliphatic carbocycles. The molecule has 0 amide bonds. The van der Waals surface area contributed by atoms with E-state index in [0.29, 0.717) is 5.82 Å². The molecule has 106 valence electrons. The van der Waals surface area contributed by atoms with E-state index in [0.717, 1.165) is 0 Å². The van der Waals surface area contributed by atoms with Crippen LogP contribution in [0.1, 0.15) is 5.82 Å². The first kappa shape index (κ1) is 19.6. The third-order valence-electron chi connectivity index (χ3n) is 0.761. The summed E-state index contributed by atoms with van der Waals surface area (Å²) in [5.41, 5.74) is 0. The van der Waals surface area contributed by atoms with Crippen molar-refractivity contribution in [1.82, 2.24) is 9.97 Å². The SMILES string of the molecule is O=P(O)(O)O.O=P(O)(O)O.OCc1ncccn1. The van der Waals surface area contributed by atoms with Gasteiger partial charge in [-0.3, -0.25) is 0 Å². The normalized spacial score (nSPS) is 10.6. The molecule has 0 bridgehead atoms. The Labute approximate surface area is 101 Å². The van der Waals surface area contributed by atoms with Crippen molar-refractivity contribution in [2.75, 3.05) is 0 Å². The maximum absolute atomic E-state index is 8.88. The first-order valence-electron chi connectivity index (χ1n) is 3.87. The van der Waals surface area contributed by atoms with Gasteiger partial charge in [-0.25, -0.2) is 19.1 Å². The Morgan fingerprint density at radius 1 is 0.889 bits per heavy atom. The number of hydrogen-bond acceptors (Lipinski definition) is 5. The van der Waals surface area contributed by atoms with Gasteiger partial charge in [0.25, 0.3) is 0 Å². The highest BCUT2D eigenvalue weighted by Crippen LogP contribution is 2.26. The van der Waals surface area contributed by atoms with E-state index in [-0.39, 0.29) is 6.61 Å². The number of hydrogen-bond donors (Lipinski definition) is 7. The predicted octanol–water partition coefficient (Wildman–Crippen LogP) is -1.89. The van der Waals surface area contributed by atoms with Crippen LogP contribution in [0.25, 0.3) is 0 Å². The van der Waals surface area contributed by atoms with E-state index in [1.54, 1.807) is 18.5 Å². The summed E-state index contributed by atoms with van der Waals surface area (Å²) in [5, 5.41) is 8.41. The third kappa shape index (κ3) is 36.2. The summed E-state index contributed by atoms with van der Waals surface area (Å²) >= 11 is 0. The number of aromatic nitrogens is 2. The van der Waals surface area contributed by atoms with Gasteiger partial charge in [-0.2, -0.15) is 0 Å². The van der Waals surface area contributed by atoms with Crippen LogP contribution >= 0.6 is 15.6 Å². The molecule has 1 aromatic rings. The largest absolute Gasteiger partial charge is 0.466 e. The third-order valence-corrected chi connectivity index (χ3v) is 0.761. The second-order valence-corrected chi connectivity index (χ2v) is 4.40. The molecule has 18 heavy (non-hydrogen) atoms. The lowest BCUT2D eigenvalue weighted by atomic mass is 10.6. The van der Waals surface area contributed by atoms with Gasteiger partial charge in [0.15, 0.2) is 5.82 Å². The standard InChI is InChI=1S/C5H6N2O.2H3O4P/c8-4-5-6-2-1-3-7-5;2*1-5(2,3)4/h1-3,8H,4H2;2*(H3,1,2,3,4). The Morgan fingerprint density at radius 3 is 1.33 bits per heavy atom. The predicted molar refractivity (Wildman–Crippen MR) is 56.5 cm³/mol. The quantitative estimate of drug-likeness (QED) is 0.286. The lowest BCUT2D eigenvalue weighted by Crippen LogP contribution is -1.90. The molecule has 0 atom stereocenters. The van der Waals surface area contributed by atoms with Crippen LogP contribution in [0, 0.1) is 0 Å². The topological polar surface area (TPSA) is 202 Å². The number of nitrogens with zero attached hydrogens (tertiary/aromatic N) is 2. The highest BCUT2D eigenvalue weighted by atomic mass is 31.2. The molecule has 0 aromatic carbocycles. The molecule has 0 unspecified atom stereocenters. The van der Waals surface area contributed by atoms with E-state index in [4.69, 9.17) is 43.6 Å². The summed E-state index contributed by atoms with van der Waals surface area (Å²) in [6.45, 7) is -0.0825. The molecule has 0 aliphatic rings. The molecular weight excluding hydrogens is 294 g/mol. The Balaban J connectivity index is 0. The zero-order chi connectivity index (χ0) is 14.8. The van der Waals surface area contributed by atoms with Crippen molar-refractivity contribution in [1.29, 1.82) is 0 Å². The second kappa shape index (κ2) is 9.22. The lowest BCUT2D eigenvalue weighted by Gasteiger charge is -1.87. The first-order chi connectivity index (χ1) is 7.93. The summed E-state index contributed by atoms with van der Waals surface area (Å²) in [6.07, 6.45) is 3.19. The molecule has 1 aromatic heterocycles. The minimum Gasteiger partial charge on any atom is -0.388 e. The highest BCUT2D eigenvalue weighted by molar-refractivity contribution is 7.45. The summed E-state index contributed by atoms with van der Waals surface area (Å²) in [5.74, 6) is 0.465. The van der Waals surface area contributed by atoms with Crippen molar-refractivity contribution in [3.8, 4) is 0 Å². The van der Waals surface area contributed by atoms with Gasteiger partial charge in [-0.1, -0.05) is 0 Å². The van der Waals surface area contributed by atoms with Gasteiger partial charge >= 0.3 is 15.6 Å². The molecule has 13 heteroatoms. The van der Waals surface area contributed by atoms with Gasteiger partial charge in [0.05, 0.1) is 0 Å². The molecule has 7 N–H and O–H groups in total. The van der Waals surface area contributed by atoms with Crippen LogP contribution in [0.3, 0.4) is 0 Å². The summed E-state index contributed by atoms with van der Waals surface area (Å²) in [4.78, 5) is 50.6. The van der Waals surface area contributed by atoms with Gasteiger partial charge in [0.2, 0.25) is 0 Å². The Kier molecular flexibility index (Phi) is 10.0. The Bertz CT molecular complexity index is 364. The van der Waals surface area contributed by atoms with Crippen molar-refractivity contribution >= 4 is 15.6 Å². The fourth-order valence-corrected chi connectivity index (χ4v) is 0.412. The number of phosphoric acid groups is 2. The van der Waals surface area contributed by atoms with Crippen molar-refractivity contribution < 1.29 is 43.6 Å². The van der Waals surface area contributed by atoms with Crippen LogP contribution in [0.5, 0.6) is 0 Å². The maximum Gasteiger partial charge on any atom is 0.466 e. The zero-order valence-corrected chi connectivity index (χ0v) is 10.5. The number of rotatable bonds is 1. The molecule has 0 radical (unpaired) electrons. The van der Waals surface area contributed by atoms with E-state index in [1.807, 2.05) is 0 Å². The first-order valence-corrected chi connectivity index (χ1v) is 7.00. The molecule has 0 saturated heterocycles. The zero-order valence-electron chi connectivity index (χ0n) is 8.68. The minimum absolute atomic E-state index is 0.0825. The van der Waals surface area contributed by atoms with Crippen molar-refractivity contribution in [2.45, 2.75) is 6.61 Å². The summed E-state index contributed by atoms with van der Waals surface area (Å²) in [7, 11) is -9.28. The molecule has 0 fully saturated rings. The van der Waals surface area contributed by atoms with Crippen molar-refractivity contribution in [3.63, 3.8) is 0 Å². The average Bonchev–Trinajstić information content (AvgIpc) is 2.14. The van der Waals surface area contributed by atoms with Gasteiger partial charge in [0, 0.05) is 12.4 Å². The summed E-state index contributed by atoms with van der Waals surface area (Å²) < 4.78 is 17.8. The molecule has 1 rings (SSSR count). The fourth-order valence-electron chi connectivity index (χ4n) is 0.412. The van der Waals surface area contributed by atoms with Crippen molar-refractivity contribution in [3.05, 3.63) is 24.3 Å². The van der Waals surface area contributed by atoms with Crippen LogP contribution in [0.2, 0.25) is 0 Å². The summed E-state index contributed by atoms with van der Waals surface area (Å²) in [6, 6.07) is 1.71. The molecule has 0 spiro atoms. The molecule has 1 heterocycles. The Morgan fingerprint density at radius 2 is 1.17 bits per heavy atom. The minimum atomic E-state index is -4.64. The molecule has 11 nitrogen and oxygen atoms in total. The fraction of sp³-hybridized carbons (Fsp3) is 0.200. The highest BCUT2D eigenvalue weighted by Gasteiger charge is 2.00. The van der Waals surface area contributed by atoms with Crippen LogP contribution in [-0.2, 0) is 15.7 Å². The van der Waals surface area contributed by atoms with Gasteiger partial charge < -0.3 is 34.5 Å². The Hall–Kier alpha value is -0.740. The molecule has 0 aliphatic heterocycles. The van der Waals surface area contributed by atoms with Crippen LogP contribution in [0.4, 0.5) is 0 Å². The van der Waals surface area contributed by atoms with Gasteiger partial charge in [0.1, 0.15) is 6.61 Å². The molecular formula is C5H12N2O9P2. The number of aliphatic hydroxyl groups excluding tert-OH is 1. The molecule has 0 saturated carbocycles. The second-order valence-electron chi connectivity index (χ2n) is 2.35. The van der Waals surface area contributed by atoms with E-state index < -0.39 is 15.6 Å². The lowest BCUT2D eigenvalue weighted by molar-refractivity contribution is 0.271. The van der Waals surface area contributed by atoms with Crippen LogP contribution in [0.15, 0.2) is 18.5 Å². The van der Waals surface area contributed by atoms with Crippen LogP contribution < -0.4 is 0 Å². The maximum atomic E-state index is 8.88. The van der Waals surface area contributed by atoms with E-state index in [9.17, 15) is 0 Å². The smallest absolute Gasteiger partial charge is 0.388 e. The monoisotopic (exact) mass is 306 g/mol. The average molecular weight is 306 g/mol. The van der Waals surface area contributed by atoms with Crippen molar-refractivity contribution in [2.24, 2.45) is 0 Å². The van der Waals surface area contributed by atoms with Crippen LogP contribution in [-0.4, -0.2) is 44.4 Å². The van der Waals surface area contributed by atoms with E-state index in [1.165, 1.54) is 0 Å². The number of aliphatic hydroxyl groups is 1. The van der Waals surface area contributed by atoms with Gasteiger partial charge in [-0.05, 0) is 6.07 Å². The van der Waals surface area contributed by atoms with Gasteiger partial charge in [-0.15, -0.1) is 0 Å².